The lowest BCUT2D eigenvalue weighted by Gasteiger charge is -2.27. The van der Waals surface area contributed by atoms with Crippen LogP contribution < -0.4 is 0 Å². The fourth-order valence-corrected chi connectivity index (χ4v) is 5.99. The van der Waals surface area contributed by atoms with Crippen molar-refractivity contribution in [2.45, 2.75) is 36.3 Å². The Hall–Kier alpha value is -2.19. The predicted octanol–water partition coefficient (Wildman–Crippen LogP) is 5.39. The molecule has 1 amide bonds. The number of halogens is 3. The Balaban J connectivity index is 1.98. The largest absolute Gasteiger partial charge is 0.449 e. The normalized spacial score (nSPS) is 16.2. The maximum atomic E-state index is 14.7. The van der Waals surface area contributed by atoms with Gasteiger partial charge in [-0.15, -0.1) is 0 Å². The van der Waals surface area contributed by atoms with Crippen molar-refractivity contribution in [1.29, 1.82) is 0 Å². The lowest BCUT2D eigenvalue weighted by Crippen LogP contribution is -2.32. The second-order valence-electron chi connectivity index (χ2n) is 7.52. The number of ether oxygens (including phenoxy) is 1. The first-order chi connectivity index (χ1) is 14.7. The summed E-state index contributed by atoms with van der Waals surface area (Å²) >= 11 is 5.87. The highest BCUT2D eigenvalue weighted by Gasteiger charge is 2.38. The van der Waals surface area contributed by atoms with Crippen molar-refractivity contribution in [2.75, 3.05) is 19.7 Å². The average Bonchev–Trinajstić information content (AvgIpc) is 3.28. The van der Waals surface area contributed by atoms with Gasteiger partial charge in [0.1, 0.15) is 11.6 Å². The molecular weight excluding hydrogens is 448 g/mol. The van der Waals surface area contributed by atoms with E-state index in [0.29, 0.717) is 18.1 Å². The standard InChI is InChI=1S/C22H24ClF2NO4S/c1-2-15(14-30-22(27)26-11-3-4-12-26)21(19-13-17(24)7-10-20(19)25)31(28,29)18-8-5-16(23)6-9-18/h5-10,13,15,21H,2-4,11-12,14H2,1H3. The Labute approximate surface area is 185 Å². The summed E-state index contributed by atoms with van der Waals surface area (Å²) in [7, 11) is -4.16. The SMILES string of the molecule is CCC(COC(=O)N1CCCC1)C(c1cc(F)ccc1F)S(=O)(=O)c1ccc(Cl)cc1. The second kappa shape index (κ2) is 9.96. The van der Waals surface area contributed by atoms with Crippen LogP contribution in [-0.2, 0) is 14.6 Å². The summed E-state index contributed by atoms with van der Waals surface area (Å²) in [6.07, 6.45) is 1.50. The number of carbonyl (C=O) groups excluding carboxylic acids is 1. The van der Waals surface area contributed by atoms with Gasteiger partial charge in [0.2, 0.25) is 0 Å². The molecule has 0 aliphatic carbocycles. The van der Waals surface area contributed by atoms with Crippen molar-refractivity contribution >= 4 is 27.5 Å². The molecule has 1 fully saturated rings. The van der Waals surface area contributed by atoms with E-state index in [1.807, 2.05) is 0 Å². The number of carbonyl (C=O) groups is 1. The van der Waals surface area contributed by atoms with E-state index in [1.54, 1.807) is 11.8 Å². The third-order valence-corrected chi connectivity index (χ3v) is 7.97. The molecule has 3 rings (SSSR count). The molecule has 0 aromatic heterocycles. The first-order valence-corrected chi connectivity index (χ1v) is 12.0. The zero-order valence-electron chi connectivity index (χ0n) is 17.1. The van der Waals surface area contributed by atoms with Crippen LogP contribution in [0, 0.1) is 17.6 Å². The minimum Gasteiger partial charge on any atom is -0.449 e. The van der Waals surface area contributed by atoms with Crippen LogP contribution in [0.2, 0.25) is 5.02 Å². The maximum absolute atomic E-state index is 14.7. The molecule has 2 unspecified atom stereocenters. The lowest BCUT2D eigenvalue weighted by atomic mass is 9.96. The van der Waals surface area contributed by atoms with Gasteiger partial charge >= 0.3 is 6.09 Å². The van der Waals surface area contributed by atoms with E-state index in [9.17, 15) is 22.0 Å². The van der Waals surface area contributed by atoms with Gasteiger partial charge < -0.3 is 9.64 Å². The van der Waals surface area contributed by atoms with Crippen molar-refractivity contribution < 1.29 is 26.7 Å². The fraction of sp³-hybridized carbons (Fsp3) is 0.409. The lowest BCUT2D eigenvalue weighted by molar-refractivity contribution is 0.0924. The zero-order valence-corrected chi connectivity index (χ0v) is 18.6. The number of amides is 1. The quantitative estimate of drug-likeness (QED) is 0.543. The molecule has 0 spiro atoms. The highest BCUT2D eigenvalue weighted by molar-refractivity contribution is 7.91. The molecule has 168 valence electrons. The third-order valence-electron chi connectivity index (χ3n) is 5.48. The molecule has 0 saturated carbocycles. The molecule has 1 heterocycles. The smallest absolute Gasteiger partial charge is 0.409 e. The summed E-state index contributed by atoms with van der Waals surface area (Å²) in [6, 6.07) is 8.20. The monoisotopic (exact) mass is 471 g/mol. The van der Waals surface area contributed by atoms with Gasteiger partial charge in [-0.05, 0) is 61.7 Å². The van der Waals surface area contributed by atoms with Crippen LogP contribution in [-0.4, -0.2) is 39.1 Å². The van der Waals surface area contributed by atoms with Gasteiger partial charge in [-0.1, -0.05) is 18.5 Å². The summed E-state index contributed by atoms with van der Waals surface area (Å²) in [6.45, 7) is 2.65. The molecule has 5 nitrogen and oxygen atoms in total. The van der Waals surface area contributed by atoms with Crippen LogP contribution in [0.5, 0.6) is 0 Å². The van der Waals surface area contributed by atoms with E-state index in [1.165, 1.54) is 24.3 Å². The Kier molecular flexibility index (Phi) is 7.54. The minimum atomic E-state index is -4.16. The number of likely N-dealkylation sites (tertiary alicyclic amines) is 1. The van der Waals surface area contributed by atoms with E-state index < -0.39 is 38.7 Å². The molecular formula is C22H24ClF2NO4S. The van der Waals surface area contributed by atoms with Gasteiger partial charge in [0, 0.05) is 29.6 Å². The Morgan fingerprint density at radius 2 is 1.77 bits per heavy atom. The topological polar surface area (TPSA) is 63.7 Å². The van der Waals surface area contributed by atoms with Gasteiger partial charge in [0.15, 0.2) is 9.84 Å². The number of hydrogen-bond acceptors (Lipinski definition) is 4. The third kappa shape index (κ3) is 5.36. The number of nitrogens with zero attached hydrogens (tertiary/aromatic N) is 1. The van der Waals surface area contributed by atoms with E-state index in [4.69, 9.17) is 16.3 Å². The van der Waals surface area contributed by atoms with Crippen molar-refractivity contribution in [2.24, 2.45) is 5.92 Å². The van der Waals surface area contributed by atoms with E-state index in [0.717, 1.165) is 31.0 Å². The van der Waals surface area contributed by atoms with E-state index in [-0.39, 0.29) is 23.5 Å². The van der Waals surface area contributed by atoms with Crippen LogP contribution in [0.3, 0.4) is 0 Å². The molecule has 2 atom stereocenters. The zero-order chi connectivity index (χ0) is 22.6. The first kappa shape index (κ1) is 23.5. The highest BCUT2D eigenvalue weighted by Crippen LogP contribution is 2.39. The molecule has 0 bridgehead atoms. The van der Waals surface area contributed by atoms with Crippen LogP contribution in [0.15, 0.2) is 47.4 Å². The van der Waals surface area contributed by atoms with Crippen LogP contribution in [0.25, 0.3) is 0 Å². The van der Waals surface area contributed by atoms with Gasteiger partial charge in [-0.25, -0.2) is 22.0 Å². The van der Waals surface area contributed by atoms with Gasteiger partial charge in [0.05, 0.1) is 16.8 Å². The molecule has 0 N–H and O–H groups in total. The summed E-state index contributed by atoms with van der Waals surface area (Å²) < 4.78 is 61.1. The van der Waals surface area contributed by atoms with E-state index >= 15 is 0 Å². The molecule has 1 aliphatic heterocycles. The van der Waals surface area contributed by atoms with Crippen molar-refractivity contribution in [3.63, 3.8) is 0 Å². The second-order valence-corrected chi connectivity index (χ2v) is 10.0. The summed E-state index contributed by atoms with van der Waals surface area (Å²) in [5, 5.41) is -1.10. The van der Waals surface area contributed by atoms with Crippen LogP contribution in [0.4, 0.5) is 13.6 Å². The Bertz CT molecular complexity index is 1020. The average molecular weight is 472 g/mol. The first-order valence-electron chi connectivity index (χ1n) is 10.1. The molecule has 0 radical (unpaired) electrons. The van der Waals surface area contributed by atoms with Gasteiger partial charge in [-0.2, -0.15) is 0 Å². The van der Waals surface area contributed by atoms with Crippen LogP contribution in [0.1, 0.15) is 37.0 Å². The molecule has 1 saturated heterocycles. The summed E-state index contributed by atoms with van der Waals surface area (Å²) in [4.78, 5) is 13.8. The van der Waals surface area contributed by atoms with Crippen molar-refractivity contribution in [1.82, 2.24) is 4.90 Å². The number of hydrogen-bond donors (Lipinski definition) is 0. The molecule has 2 aromatic carbocycles. The molecule has 9 heteroatoms. The Morgan fingerprint density at radius 1 is 1.13 bits per heavy atom. The van der Waals surface area contributed by atoms with Crippen molar-refractivity contribution in [3.8, 4) is 0 Å². The summed E-state index contributed by atoms with van der Waals surface area (Å²) in [5.41, 5.74) is -0.293. The molecule has 2 aromatic rings. The molecule has 31 heavy (non-hydrogen) atoms. The fourth-order valence-electron chi connectivity index (χ4n) is 3.77. The minimum absolute atomic E-state index is 0.0742. The van der Waals surface area contributed by atoms with Gasteiger partial charge in [0.25, 0.3) is 0 Å². The maximum Gasteiger partial charge on any atom is 0.409 e. The molecule has 1 aliphatic rings. The van der Waals surface area contributed by atoms with Crippen molar-refractivity contribution in [3.05, 3.63) is 64.7 Å². The van der Waals surface area contributed by atoms with Crippen LogP contribution >= 0.6 is 11.6 Å². The predicted molar refractivity (Wildman–Crippen MR) is 114 cm³/mol. The number of rotatable bonds is 7. The van der Waals surface area contributed by atoms with E-state index in [2.05, 4.69) is 0 Å². The number of sulfone groups is 1. The summed E-state index contributed by atoms with van der Waals surface area (Å²) in [5.74, 6) is -2.38. The Morgan fingerprint density at radius 3 is 2.39 bits per heavy atom. The number of benzene rings is 2. The van der Waals surface area contributed by atoms with Gasteiger partial charge in [-0.3, -0.25) is 0 Å². The highest BCUT2D eigenvalue weighted by atomic mass is 35.5.